The largest absolute Gasteiger partial charge is 0.459 e. The first kappa shape index (κ1) is 18.4. The topological polar surface area (TPSA) is 62.6 Å². The number of nitrogens with zero attached hydrogens (tertiary/aromatic N) is 1. The average molecular weight is 392 g/mol. The molecule has 1 aliphatic heterocycles. The number of thioether (sulfide) groups is 1. The fourth-order valence-electron chi connectivity index (χ4n) is 3.21. The van der Waals surface area contributed by atoms with E-state index in [1.165, 1.54) is 11.8 Å². The molecule has 0 unspecified atom stereocenters. The molecule has 2 aromatic carbocycles. The summed E-state index contributed by atoms with van der Waals surface area (Å²) in [6.45, 7) is 2.10. The molecule has 2 amide bonds. The van der Waals surface area contributed by atoms with Crippen molar-refractivity contribution in [2.75, 3.05) is 16.0 Å². The molecular formula is C22H20N2O3S. The van der Waals surface area contributed by atoms with Crippen LogP contribution < -0.4 is 10.2 Å². The number of rotatable bonds is 5. The molecule has 0 aliphatic carbocycles. The van der Waals surface area contributed by atoms with Gasteiger partial charge in [-0.15, -0.1) is 11.8 Å². The van der Waals surface area contributed by atoms with Crippen LogP contribution in [0.3, 0.4) is 0 Å². The fourth-order valence-corrected chi connectivity index (χ4v) is 4.39. The zero-order chi connectivity index (χ0) is 19.5. The Kier molecular flexibility index (Phi) is 5.21. The van der Waals surface area contributed by atoms with Crippen molar-refractivity contribution in [1.29, 1.82) is 0 Å². The molecule has 4 rings (SSSR count). The molecule has 0 radical (unpaired) electrons. The van der Waals surface area contributed by atoms with E-state index in [0.29, 0.717) is 11.4 Å². The summed E-state index contributed by atoms with van der Waals surface area (Å²) in [5.41, 5.74) is 3.83. The summed E-state index contributed by atoms with van der Waals surface area (Å²) in [6, 6.07) is 19.0. The highest BCUT2D eigenvalue weighted by Crippen LogP contribution is 2.42. The molecule has 3 aromatic rings. The van der Waals surface area contributed by atoms with Crippen LogP contribution in [0.1, 0.15) is 34.0 Å². The van der Waals surface area contributed by atoms with Gasteiger partial charge in [0, 0.05) is 11.4 Å². The molecular weight excluding hydrogens is 372 g/mol. The maximum atomic E-state index is 12.5. The monoisotopic (exact) mass is 392 g/mol. The van der Waals surface area contributed by atoms with Gasteiger partial charge in [0.2, 0.25) is 5.91 Å². The second-order valence-corrected chi connectivity index (χ2v) is 7.57. The van der Waals surface area contributed by atoms with E-state index in [-0.39, 0.29) is 22.9 Å². The lowest BCUT2D eigenvalue weighted by molar-refractivity contribution is -0.115. The van der Waals surface area contributed by atoms with E-state index in [0.717, 1.165) is 17.7 Å². The summed E-state index contributed by atoms with van der Waals surface area (Å²) >= 11 is 1.61. The van der Waals surface area contributed by atoms with Crippen LogP contribution in [0.5, 0.6) is 0 Å². The first-order valence-corrected chi connectivity index (χ1v) is 10.2. The molecule has 1 aliphatic rings. The molecule has 0 spiro atoms. The fraction of sp³-hybridized carbons (Fsp3) is 0.182. The normalized spacial score (nSPS) is 16.4. The van der Waals surface area contributed by atoms with Crippen LogP contribution in [0.15, 0.2) is 71.3 Å². The lowest BCUT2D eigenvalue weighted by Gasteiger charge is -2.25. The van der Waals surface area contributed by atoms with Crippen molar-refractivity contribution >= 4 is 35.0 Å². The van der Waals surface area contributed by atoms with Crippen LogP contribution in [0, 0.1) is 0 Å². The van der Waals surface area contributed by atoms with Gasteiger partial charge in [-0.3, -0.25) is 14.5 Å². The van der Waals surface area contributed by atoms with Gasteiger partial charge in [0.15, 0.2) is 5.76 Å². The summed E-state index contributed by atoms with van der Waals surface area (Å²) in [7, 11) is 0. The highest BCUT2D eigenvalue weighted by molar-refractivity contribution is 8.00. The Bertz CT molecular complexity index is 983. The van der Waals surface area contributed by atoms with Gasteiger partial charge in [0.05, 0.1) is 12.0 Å². The van der Waals surface area contributed by atoms with Gasteiger partial charge in [-0.05, 0) is 53.9 Å². The summed E-state index contributed by atoms with van der Waals surface area (Å²) < 4.78 is 5.11. The van der Waals surface area contributed by atoms with Crippen LogP contribution in [0.4, 0.5) is 11.4 Å². The summed E-state index contributed by atoms with van der Waals surface area (Å²) in [5, 5.41) is 2.73. The predicted molar refractivity (Wildman–Crippen MR) is 112 cm³/mol. The van der Waals surface area contributed by atoms with Crippen molar-refractivity contribution in [2.24, 2.45) is 0 Å². The molecule has 1 saturated heterocycles. The molecule has 1 fully saturated rings. The predicted octanol–water partition coefficient (Wildman–Crippen LogP) is 4.87. The van der Waals surface area contributed by atoms with E-state index < -0.39 is 0 Å². The second kappa shape index (κ2) is 7.94. The van der Waals surface area contributed by atoms with E-state index in [1.807, 2.05) is 41.3 Å². The number of furan rings is 1. The molecule has 28 heavy (non-hydrogen) atoms. The molecule has 5 nitrogen and oxygen atoms in total. The molecule has 0 bridgehead atoms. The number of nitrogens with one attached hydrogen (secondary N) is 1. The number of amides is 2. The minimum atomic E-state index is -0.291. The molecule has 0 saturated carbocycles. The lowest BCUT2D eigenvalue weighted by Crippen LogP contribution is -2.27. The molecule has 6 heteroatoms. The summed E-state index contributed by atoms with van der Waals surface area (Å²) in [5.74, 6) is 0.542. The Morgan fingerprint density at radius 2 is 2.00 bits per heavy atom. The number of carbonyl (C=O) groups is 2. The third kappa shape index (κ3) is 3.68. The van der Waals surface area contributed by atoms with Crippen molar-refractivity contribution in [3.8, 4) is 0 Å². The standard InChI is InChI=1S/C22H20N2O3S/c1-2-15-5-3-6-18(13-15)24-20(25)14-28-22(24)16-8-10-17(11-9-16)23-21(26)19-7-4-12-27-19/h3-13,22H,2,14H2,1H3,(H,23,26)/t22-/m0/s1. The third-order valence-corrected chi connectivity index (χ3v) is 5.88. The van der Waals surface area contributed by atoms with Gasteiger partial charge in [0.1, 0.15) is 5.37 Å². The average Bonchev–Trinajstić information content (AvgIpc) is 3.39. The Labute approximate surface area is 167 Å². The van der Waals surface area contributed by atoms with Gasteiger partial charge in [0.25, 0.3) is 5.91 Å². The van der Waals surface area contributed by atoms with Crippen LogP contribution in [-0.4, -0.2) is 17.6 Å². The van der Waals surface area contributed by atoms with Crippen LogP contribution in [-0.2, 0) is 11.2 Å². The van der Waals surface area contributed by atoms with Crippen molar-refractivity contribution < 1.29 is 14.0 Å². The Morgan fingerprint density at radius 3 is 2.71 bits per heavy atom. The Morgan fingerprint density at radius 1 is 1.18 bits per heavy atom. The first-order valence-electron chi connectivity index (χ1n) is 9.13. The maximum absolute atomic E-state index is 12.5. The van der Waals surface area contributed by atoms with E-state index in [2.05, 4.69) is 24.4 Å². The zero-order valence-corrected chi connectivity index (χ0v) is 16.2. The second-order valence-electron chi connectivity index (χ2n) is 6.50. The quantitative estimate of drug-likeness (QED) is 0.673. The number of benzene rings is 2. The van der Waals surface area contributed by atoms with Crippen molar-refractivity contribution in [2.45, 2.75) is 18.7 Å². The third-order valence-electron chi connectivity index (χ3n) is 4.66. The van der Waals surface area contributed by atoms with Crippen LogP contribution >= 0.6 is 11.8 Å². The summed E-state index contributed by atoms with van der Waals surface area (Å²) in [6.07, 6.45) is 2.40. The Balaban J connectivity index is 1.54. The van der Waals surface area contributed by atoms with Gasteiger partial charge < -0.3 is 9.73 Å². The highest BCUT2D eigenvalue weighted by Gasteiger charge is 2.34. The minimum absolute atomic E-state index is 0.0746. The number of hydrogen-bond donors (Lipinski definition) is 1. The molecule has 1 atom stereocenters. The van der Waals surface area contributed by atoms with Gasteiger partial charge >= 0.3 is 0 Å². The zero-order valence-electron chi connectivity index (χ0n) is 15.4. The van der Waals surface area contributed by atoms with Crippen molar-refractivity contribution in [3.05, 3.63) is 83.8 Å². The van der Waals surface area contributed by atoms with Crippen molar-refractivity contribution in [3.63, 3.8) is 0 Å². The Hall–Kier alpha value is -2.99. The van der Waals surface area contributed by atoms with Crippen LogP contribution in [0.25, 0.3) is 0 Å². The van der Waals surface area contributed by atoms with Gasteiger partial charge in [-0.1, -0.05) is 31.2 Å². The highest BCUT2D eigenvalue weighted by atomic mass is 32.2. The van der Waals surface area contributed by atoms with E-state index in [9.17, 15) is 9.59 Å². The minimum Gasteiger partial charge on any atom is -0.459 e. The van der Waals surface area contributed by atoms with E-state index in [4.69, 9.17) is 4.42 Å². The van der Waals surface area contributed by atoms with Crippen LogP contribution in [0.2, 0.25) is 0 Å². The first-order chi connectivity index (χ1) is 13.7. The number of carbonyl (C=O) groups excluding carboxylic acids is 2. The smallest absolute Gasteiger partial charge is 0.291 e. The van der Waals surface area contributed by atoms with E-state index in [1.54, 1.807) is 23.9 Å². The van der Waals surface area contributed by atoms with Gasteiger partial charge in [-0.2, -0.15) is 0 Å². The summed E-state index contributed by atoms with van der Waals surface area (Å²) in [4.78, 5) is 26.5. The molecule has 1 aromatic heterocycles. The van der Waals surface area contributed by atoms with Gasteiger partial charge in [-0.25, -0.2) is 0 Å². The van der Waals surface area contributed by atoms with E-state index >= 15 is 0 Å². The molecule has 142 valence electrons. The van der Waals surface area contributed by atoms with Crippen molar-refractivity contribution in [1.82, 2.24) is 0 Å². The number of aryl methyl sites for hydroxylation is 1. The SMILES string of the molecule is CCc1cccc(N2C(=O)CS[C@H]2c2ccc(NC(=O)c3ccco3)cc2)c1. The lowest BCUT2D eigenvalue weighted by atomic mass is 10.1. The molecule has 2 heterocycles. The number of hydrogen-bond acceptors (Lipinski definition) is 4. The number of anilines is 2. The maximum Gasteiger partial charge on any atom is 0.291 e. The molecule has 1 N–H and O–H groups in total.